The lowest BCUT2D eigenvalue weighted by molar-refractivity contribution is -0.139. The van der Waals surface area contributed by atoms with Crippen LogP contribution in [0.3, 0.4) is 0 Å². The standard InChI is InChI=1S/C17H21NO4/c1-2-15(17(20)21)18-10-13(19)11-22-16-9-5-7-12-6-3-4-8-14(12)16/h3-9,13,15,18-19H,2,10-11H2,1H3,(H,20,21). The molecule has 118 valence electrons. The molecule has 2 atom stereocenters. The molecule has 0 aliphatic rings. The predicted octanol–water partition coefficient (Wildman–Crippen LogP) is 2.03. The zero-order valence-electron chi connectivity index (χ0n) is 12.5. The first kappa shape index (κ1) is 16.3. The van der Waals surface area contributed by atoms with Crippen LogP contribution in [0.1, 0.15) is 13.3 Å². The van der Waals surface area contributed by atoms with Crippen LogP contribution in [0.15, 0.2) is 42.5 Å². The van der Waals surface area contributed by atoms with Gasteiger partial charge in [-0.2, -0.15) is 0 Å². The lowest BCUT2D eigenvalue weighted by atomic mass is 10.1. The molecule has 0 aliphatic heterocycles. The molecule has 0 bridgehead atoms. The normalized spacial score (nSPS) is 13.7. The number of aliphatic hydroxyl groups excluding tert-OH is 1. The van der Waals surface area contributed by atoms with Crippen molar-refractivity contribution in [2.75, 3.05) is 13.2 Å². The van der Waals surface area contributed by atoms with Gasteiger partial charge in [0, 0.05) is 11.9 Å². The van der Waals surface area contributed by atoms with E-state index >= 15 is 0 Å². The Labute approximate surface area is 129 Å². The topological polar surface area (TPSA) is 78.8 Å². The Kier molecular flexibility index (Phi) is 5.75. The van der Waals surface area contributed by atoms with Gasteiger partial charge in [0.25, 0.3) is 0 Å². The minimum Gasteiger partial charge on any atom is -0.490 e. The summed E-state index contributed by atoms with van der Waals surface area (Å²) >= 11 is 0. The van der Waals surface area contributed by atoms with Gasteiger partial charge in [0.2, 0.25) is 0 Å². The SMILES string of the molecule is CCC(NCC(O)COc1cccc2ccccc12)C(=O)O. The molecule has 5 heteroatoms. The number of rotatable bonds is 8. The van der Waals surface area contributed by atoms with E-state index in [2.05, 4.69) is 5.32 Å². The number of hydrogen-bond donors (Lipinski definition) is 3. The lowest BCUT2D eigenvalue weighted by Crippen LogP contribution is -2.42. The molecule has 0 amide bonds. The lowest BCUT2D eigenvalue weighted by Gasteiger charge is -2.17. The largest absolute Gasteiger partial charge is 0.490 e. The molecule has 2 aromatic carbocycles. The highest BCUT2D eigenvalue weighted by Gasteiger charge is 2.16. The quantitative estimate of drug-likeness (QED) is 0.695. The minimum atomic E-state index is -0.912. The summed E-state index contributed by atoms with van der Waals surface area (Å²) in [5.41, 5.74) is 0. The van der Waals surface area contributed by atoms with E-state index in [1.165, 1.54) is 0 Å². The molecule has 2 aromatic rings. The Morgan fingerprint density at radius 1 is 1.23 bits per heavy atom. The Hall–Kier alpha value is -2.11. The molecular formula is C17H21NO4. The van der Waals surface area contributed by atoms with Crippen molar-refractivity contribution >= 4 is 16.7 Å². The van der Waals surface area contributed by atoms with Crippen LogP contribution in [0.2, 0.25) is 0 Å². The summed E-state index contributed by atoms with van der Waals surface area (Å²) in [6.07, 6.45) is -0.306. The molecule has 0 heterocycles. The molecule has 0 fully saturated rings. The summed E-state index contributed by atoms with van der Waals surface area (Å²) in [6, 6.07) is 13.0. The van der Waals surface area contributed by atoms with Crippen molar-refractivity contribution < 1.29 is 19.7 Å². The Bertz CT molecular complexity index is 624. The van der Waals surface area contributed by atoms with Gasteiger partial charge >= 0.3 is 5.97 Å². The minimum absolute atomic E-state index is 0.108. The second-order valence-electron chi connectivity index (χ2n) is 5.15. The Morgan fingerprint density at radius 2 is 1.95 bits per heavy atom. The van der Waals surface area contributed by atoms with E-state index in [-0.39, 0.29) is 13.2 Å². The van der Waals surface area contributed by atoms with Crippen LogP contribution in [-0.2, 0) is 4.79 Å². The van der Waals surface area contributed by atoms with Crippen LogP contribution in [0.25, 0.3) is 10.8 Å². The van der Waals surface area contributed by atoms with Crippen molar-refractivity contribution in [1.82, 2.24) is 5.32 Å². The molecule has 0 radical (unpaired) electrons. The summed E-state index contributed by atoms with van der Waals surface area (Å²) in [4.78, 5) is 10.9. The van der Waals surface area contributed by atoms with Crippen molar-refractivity contribution in [2.45, 2.75) is 25.5 Å². The number of carbonyl (C=O) groups is 1. The van der Waals surface area contributed by atoms with Gasteiger partial charge in [0.05, 0.1) is 0 Å². The highest BCUT2D eigenvalue weighted by atomic mass is 16.5. The van der Waals surface area contributed by atoms with Gasteiger partial charge in [-0.3, -0.25) is 4.79 Å². The van der Waals surface area contributed by atoms with Crippen LogP contribution in [0, 0.1) is 0 Å². The first-order chi connectivity index (χ1) is 10.6. The number of nitrogens with one attached hydrogen (secondary N) is 1. The molecule has 22 heavy (non-hydrogen) atoms. The first-order valence-electron chi connectivity index (χ1n) is 7.36. The highest BCUT2D eigenvalue weighted by Crippen LogP contribution is 2.25. The molecule has 2 unspecified atom stereocenters. The van der Waals surface area contributed by atoms with Gasteiger partial charge in [-0.15, -0.1) is 0 Å². The smallest absolute Gasteiger partial charge is 0.320 e. The first-order valence-corrected chi connectivity index (χ1v) is 7.36. The third-order valence-electron chi connectivity index (χ3n) is 3.49. The maximum atomic E-state index is 10.9. The van der Waals surface area contributed by atoms with Gasteiger partial charge < -0.3 is 20.3 Å². The fraction of sp³-hybridized carbons (Fsp3) is 0.353. The fourth-order valence-corrected chi connectivity index (χ4v) is 2.25. The van der Waals surface area contributed by atoms with Gasteiger partial charge in [-0.1, -0.05) is 43.3 Å². The summed E-state index contributed by atoms with van der Waals surface area (Å²) in [7, 11) is 0. The van der Waals surface area contributed by atoms with Crippen molar-refractivity contribution in [2.24, 2.45) is 0 Å². The van der Waals surface area contributed by atoms with Gasteiger partial charge in [-0.25, -0.2) is 0 Å². The molecule has 5 nitrogen and oxygen atoms in total. The molecule has 2 rings (SSSR count). The third kappa shape index (κ3) is 4.19. The highest BCUT2D eigenvalue weighted by molar-refractivity contribution is 5.88. The van der Waals surface area contributed by atoms with Crippen molar-refractivity contribution in [3.05, 3.63) is 42.5 Å². The summed E-state index contributed by atoms with van der Waals surface area (Å²) in [6.45, 7) is 2.07. The van der Waals surface area contributed by atoms with Crippen LogP contribution in [0.5, 0.6) is 5.75 Å². The Balaban J connectivity index is 1.90. The van der Waals surface area contributed by atoms with Crippen LogP contribution >= 0.6 is 0 Å². The summed E-state index contributed by atoms with van der Waals surface area (Å²) < 4.78 is 5.67. The third-order valence-corrected chi connectivity index (χ3v) is 3.49. The number of carboxylic acids is 1. The monoisotopic (exact) mass is 303 g/mol. The average molecular weight is 303 g/mol. The summed E-state index contributed by atoms with van der Waals surface area (Å²) in [5.74, 6) is -0.202. The molecule has 3 N–H and O–H groups in total. The number of benzene rings is 2. The van der Waals surface area contributed by atoms with Crippen molar-refractivity contribution in [3.63, 3.8) is 0 Å². The zero-order valence-corrected chi connectivity index (χ0v) is 12.5. The van der Waals surface area contributed by atoms with E-state index in [0.717, 1.165) is 10.8 Å². The van der Waals surface area contributed by atoms with E-state index in [4.69, 9.17) is 9.84 Å². The number of ether oxygens (including phenoxy) is 1. The Morgan fingerprint density at radius 3 is 2.68 bits per heavy atom. The van der Waals surface area contributed by atoms with E-state index in [1.807, 2.05) is 42.5 Å². The summed E-state index contributed by atoms with van der Waals surface area (Å²) in [5, 5.41) is 23.7. The zero-order chi connectivity index (χ0) is 15.9. The molecular weight excluding hydrogens is 282 g/mol. The number of carboxylic acid groups (broad SMARTS) is 1. The van der Waals surface area contributed by atoms with Crippen LogP contribution < -0.4 is 10.1 Å². The van der Waals surface area contributed by atoms with Gasteiger partial charge in [-0.05, 0) is 17.9 Å². The van der Waals surface area contributed by atoms with Crippen molar-refractivity contribution in [3.8, 4) is 5.75 Å². The van der Waals surface area contributed by atoms with E-state index in [9.17, 15) is 9.90 Å². The average Bonchev–Trinajstić information content (AvgIpc) is 2.53. The second kappa shape index (κ2) is 7.77. The van der Waals surface area contributed by atoms with Gasteiger partial charge in [0.1, 0.15) is 24.5 Å². The molecule has 0 aromatic heterocycles. The number of hydrogen-bond acceptors (Lipinski definition) is 4. The fourth-order valence-electron chi connectivity index (χ4n) is 2.25. The maximum Gasteiger partial charge on any atom is 0.320 e. The van der Waals surface area contributed by atoms with Crippen molar-refractivity contribution in [1.29, 1.82) is 0 Å². The van der Waals surface area contributed by atoms with E-state index < -0.39 is 18.1 Å². The molecule has 0 spiro atoms. The molecule has 0 saturated carbocycles. The number of aliphatic hydroxyl groups is 1. The molecule has 0 aliphatic carbocycles. The number of fused-ring (bicyclic) bond motifs is 1. The van der Waals surface area contributed by atoms with Crippen LogP contribution in [0.4, 0.5) is 0 Å². The molecule has 0 saturated heterocycles. The number of aliphatic carboxylic acids is 1. The maximum absolute atomic E-state index is 10.9. The van der Waals surface area contributed by atoms with Gasteiger partial charge in [0.15, 0.2) is 0 Å². The predicted molar refractivity (Wildman–Crippen MR) is 85.2 cm³/mol. The van der Waals surface area contributed by atoms with E-state index in [0.29, 0.717) is 12.2 Å². The van der Waals surface area contributed by atoms with E-state index in [1.54, 1.807) is 6.92 Å². The second-order valence-corrected chi connectivity index (χ2v) is 5.15. The van der Waals surface area contributed by atoms with Crippen LogP contribution in [-0.4, -0.2) is 41.5 Å².